The first-order valence-electron chi connectivity index (χ1n) is 11.2. The Labute approximate surface area is 201 Å². The van der Waals surface area contributed by atoms with E-state index in [-0.39, 0.29) is 18.1 Å². The Balaban J connectivity index is 1.48. The summed E-state index contributed by atoms with van der Waals surface area (Å²) in [6.07, 6.45) is -3.08. The molecule has 1 amide bonds. The Morgan fingerprint density at radius 1 is 1.17 bits per heavy atom. The number of nitrogens with zero attached hydrogens (tertiary/aromatic N) is 2. The maximum atomic E-state index is 14.0. The third kappa shape index (κ3) is 5.35. The molecule has 1 fully saturated rings. The predicted molar refractivity (Wildman–Crippen MR) is 124 cm³/mol. The largest absolute Gasteiger partial charge is 0.419 e. The normalized spacial score (nSPS) is 19.2. The van der Waals surface area contributed by atoms with Crippen LogP contribution in [0.25, 0.3) is 0 Å². The van der Waals surface area contributed by atoms with Gasteiger partial charge >= 0.3 is 6.18 Å². The van der Waals surface area contributed by atoms with Crippen LogP contribution in [0.3, 0.4) is 0 Å². The van der Waals surface area contributed by atoms with Crippen molar-refractivity contribution in [2.75, 3.05) is 25.0 Å². The molecule has 1 saturated heterocycles. The second-order valence-electron chi connectivity index (χ2n) is 8.68. The van der Waals surface area contributed by atoms with E-state index in [2.05, 4.69) is 11.9 Å². The smallest absolute Gasteiger partial charge is 0.355 e. The second-order valence-corrected chi connectivity index (χ2v) is 10.6. The number of piperidine rings is 1. The van der Waals surface area contributed by atoms with Crippen LogP contribution in [0.2, 0.25) is 0 Å². The van der Waals surface area contributed by atoms with Gasteiger partial charge in [0.15, 0.2) is 0 Å². The zero-order chi connectivity index (χ0) is 25.4. The summed E-state index contributed by atoms with van der Waals surface area (Å²) in [5.41, 5.74) is 1.27. The third-order valence-electron chi connectivity index (χ3n) is 6.44. The van der Waals surface area contributed by atoms with Crippen molar-refractivity contribution < 1.29 is 30.8 Å². The predicted octanol–water partition coefficient (Wildman–Crippen LogP) is 4.66. The molecule has 6 nitrogen and oxygen atoms in total. The minimum absolute atomic E-state index is 0.109. The van der Waals surface area contributed by atoms with E-state index in [1.165, 1.54) is 10.4 Å². The highest BCUT2D eigenvalue weighted by atomic mass is 32.2. The Hall–Kier alpha value is -2.92. The van der Waals surface area contributed by atoms with Crippen LogP contribution in [-0.4, -0.2) is 43.2 Å². The number of alkyl halides is 3. The molecule has 0 aliphatic carbocycles. The fraction of sp³-hybridized carbons (Fsp3) is 0.375. The van der Waals surface area contributed by atoms with E-state index in [4.69, 9.17) is 0 Å². The van der Waals surface area contributed by atoms with Crippen LogP contribution in [0.4, 0.5) is 28.9 Å². The van der Waals surface area contributed by atoms with Gasteiger partial charge in [-0.25, -0.2) is 12.8 Å². The van der Waals surface area contributed by atoms with Crippen LogP contribution in [-0.2, 0) is 34.0 Å². The standard InChI is InChI=1S/C24H25F4N3O3S/c1-2-35(33,34)31-11-4-6-17(15-31)23(32)30-12-10-19-16(14-30)5-3-7-22(19)29-18-8-9-20(21(25)13-18)24(26,27)28/h2-3,5,7-9,13,17,29H,1,4,6,10-12,14-15H2. The van der Waals surface area contributed by atoms with Crippen molar-refractivity contribution in [2.45, 2.75) is 32.0 Å². The molecule has 188 valence electrons. The molecule has 2 aliphatic rings. The fourth-order valence-electron chi connectivity index (χ4n) is 4.63. The van der Waals surface area contributed by atoms with Gasteiger partial charge in [0.1, 0.15) is 5.82 Å². The Morgan fingerprint density at radius 2 is 1.94 bits per heavy atom. The highest BCUT2D eigenvalue weighted by Crippen LogP contribution is 2.34. The number of carbonyl (C=O) groups is 1. The molecule has 0 saturated carbocycles. The van der Waals surface area contributed by atoms with Gasteiger partial charge < -0.3 is 10.2 Å². The summed E-state index contributed by atoms with van der Waals surface area (Å²) in [4.78, 5) is 14.9. The van der Waals surface area contributed by atoms with E-state index in [0.29, 0.717) is 50.7 Å². The van der Waals surface area contributed by atoms with E-state index in [1.54, 1.807) is 17.0 Å². The van der Waals surface area contributed by atoms with Gasteiger partial charge in [-0.15, -0.1) is 0 Å². The number of rotatable bonds is 5. The van der Waals surface area contributed by atoms with Gasteiger partial charge in [0.2, 0.25) is 15.9 Å². The number of nitrogens with one attached hydrogen (secondary N) is 1. The highest BCUT2D eigenvalue weighted by Gasteiger charge is 2.35. The number of halogens is 4. The number of benzene rings is 2. The summed E-state index contributed by atoms with van der Waals surface area (Å²) in [5, 5.41) is 3.89. The Morgan fingerprint density at radius 3 is 2.63 bits per heavy atom. The average molecular weight is 512 g/mol. The number of sulfonamides is 1. The number of hydrogen-bond donors (Lipinski definition) is 1. The van der Waals surface area contributed by atoms with Gasteiger partial charge in [0, 0.05) is 43.0 Å². The van der Waals surface area contributed by atoms with E-state index in [1.807, 2.05) is 6.07 Å². The molecule has 0 aromatic heterocycles. The van der Waals surface area contributed by atoms with Crippen molar-refractivity contribution >= 4 is 27.3 Å². The first-order chi connectivity index (χ1) is 16.5. The number of carbonyl (C=O) groups excluding carboxylic acids is 1. The summed E-state index contributed by atoms with van der Waals surface area (Å²) in [7, 11) is -3.59. The molecule has 4 rings (SSSR count). The molecule has 1 unspecified atom stereocenters. The summed E-state index contributed by atoms with van der Waals surface area (Å²) < 4.78 is 78.0. The highest BCUT2D eigenvalue weighted by molar-refractivity contribution is 7.92. The second kappa shape index (κ2) is 9.62. The first-order valence-corrected chi connectivity index (χ1v) is 12.7. The summed E-state index contributed by atoms with van der Waals surface area (Å²) >= 11 is 0. The lowest BCUT2D eigenvalue weighted by Gasteiger charge is -2.36. The quantitative estimate of drug-likeness (QED) is 0.593. The number of hydrogen-bond acceptors (Lipinski definition) is 4. The molecule has 2 aromatic carbocycles. The number of amides is 1. The molecule has 35 heavy (non-hydrogen) atoms. The van der Waals surface area contributed by atoms with Gasteiger partial charge in [-0.1, -0.05) is 18.7 Å². The molecule has 0 spiro atoms. The maximum Gasteiger partial charge on any atom is 0.419 e. The van der Waals surface area contributed by atoms with Crippen LogP contribution in [0.15, 0.2) is 48.4 Å². The van der Waals surface area contributed by atoms with Crippen molar-refractivity contribution in [1.29, 1.82) is 0 Å². The van der Waals surface area contributed by atoms with Crippen LogP contribution in [0, 0.1) is 11.7 Å². The van der Waals surface area contributed by atoms with Crippen molar-refractivity contribution in [3.63, 3.8) is 0 Å². The molecule has 2 heterocycles. The molecular formula is C24H25F4N3O3S. The molecular weight excluding hydrogens is 486 g/mol. The lowest BCUT2D eigenvalue weighted by Crippen LogP contribution is -2.47. The molecule has 2 aromatic rings. The van der Waals surface area contributed by atoms with Gasteiger partial charge in [-0.3, -0.25) is 4.79 Å². The molecule has 11 heteroatoms. The number of fused-ring (bicyclic) bond motifs is 1. The lowest BCUT2D eigenvalue weighted by molar-refractivity contribution is -0.140. The third-order valence-corrected chi connectivity index (χ3v) is 7.91. The van der Waals surface area contributed by atoms with Gasteiger partial charge in [0.05, 0.1) is 11.5 Å². The topological polar surface area (TPSA) is 69.7 Å². The minimum atomic E-state index is -4.77. The van der Waals surface area contributed by atoms with E-state index >= 15 is 0 Å². The minimum Gasteiger partial charge on any atom is -0.355 e. The summed E-state index contributed by atoms with van der Waals surface area (Å²) in [6, 6.07) is 8.07. The van der Waals surface area contributed by atoms with Crippen LogP contribution in [0.5, 0.6) is 0 Å². The van der Waals surface area contributed by atoms with Gasteiger partial charge in [0.25, 0.3) is 0 Å². The number of anilines is 2. The summed E-state index contributed by atoms with van der Waals surface area (Å²) in [5.74, 6) is -1.90. The van der Waals surface area contributed by atoms with Crippen molar-refractivity contribution in [2.24, 2.45) is 5.92 Å². The zero-order valence-electron chi connectivity index (χ0n) is 18.8. The monoisotopic (exact) mass is 511 g/mol. The SMILES string of the molecule is C=CS(=O)(=O)N1CCCC(C(=O)N2CCc3c(cccc3Nc3ccc(C(F)(F)F)c(F)c3)C2)C1. The zero-order valence-corrected chi connectivity index (χ0v) is 19.6. The van der Waals surface area contributed by atoms with Crippen LogP contribution < -0.4 is 5.32 Å². The molecule has 1 atom stereocenters. The molecule has 2 aliphatic heterocycles. The van der Waals surface area contributed by atoms with E-state index < -0.39 is 33.5 Å². The summed E-state index contributed by atoms with van der Waals surface area (Å²) in [6.45, 7) is 4.58. The van der Waals surface area contributed by atoms with Crippen molar-refractivity contribution in [1.82, 2.24) is 9.21 Å². The first kappa shape index (κ1) is 25.2. The van der Waals surface area contributed by atoms with Crippen LogP contribution >= 0.6 is 0 Å². The molecule has 0 radical (unpaired) electrons. The molecule has 0 bridgehead atoms. The van der Waals surface area contributed by atoms with Gasteiger partial charge in [-0.2, -0.15) is 17.5 Å². The van der Waals surface area contributed by atoms with E-state index in [0.717, 1.165) is 22.6 Å². The van der Waals surface area contributed by atoms with Gasteiger partial charge in [-0.05, 0) is 54.7 Å². The Bertz CT molecular complexity index is 1250. The average Bonchev–Trinajstić information content (AvgIpc) is 2.82. The van der Waals surface area contributed by atoms with Crippen LogP contribution in [0.1, 0.15) is 29.5 Å². The van der Waals surface area contributed by atoms with Crippen molar-refractivity contribution in [3.05, 3.63) is 70.9 Å². The fourth-order valence-corrected chi connectivity index (χ4v) is 5.61. The Kier molecular flexibility index (Phi) is 6.92. The molecule has 1 N–H and O–H groups in total. The lowest BCUT2D eigenvalue weighted by atomic mass is 9.94. The maximum absolute atomic E-state index is 14.0. The van der Waals surface area contributed by atoms with E-state index in [9.17, 15) is 30.8 Å². The van der Waals surface area contributed by atoms with Crippen molar-refractivity contribution in [3.8, 4) is 0 Å².